The van der Waals surface area contributed by atoms with Crippen LogP contribution in [0.5, 0.6) is 0 Å². The molecule has 1 aliphatic rings. The first kappa shape index (κ1) is 12.5. The number of ether oxygens (including phenoxy) is 1. The molecule has 0 bridgehead atoms. The molecule has 3 heteroatoms. The Morgan fingerprint density at radius 1 is 1.47 bits per heavy atom. The second-order valence-electron chi connectivity index (χ2n) is 4.53. The standard InChI is InChI=1S/C12H23NO2/c1-4-8-13-9-6-5-7-11(13)12(14)15-10(2)3/h10-11H,4-9H2,1-3H3. The van der Waals surface area contributed by atoms with Crippen LogP contribution >= 0.6 is 0 Å². The van der Waals surface area contributed by atoms with Gasteiger partial charge in [0.05, 0.1) is 6.10 Å². The van der Waals surface area contributed by atoms with Crippen LogP contribution in [0.2, 0.25) is 0 Å². The van der Waals surface area contributed by atoms with Gasteiger partial charge in [-0.1, -0.05) is 13.3 Å². The minimum Gasteiger partial charge on any atom is -0.462 e. The molecule has 1 aliphatic heterocycles. The van der Waals surface area contributed by atoms with Crippen LogP contribution in [0.1, 0.15) is 46.5 Å². The topological polar surface area (TPSA) is 29.5 Å². The Morgan fingerprint density at radius 3 is 2.80 bits per heavy atom. The monoisotopic (exact) mass is 213 g/mol. The highest BCUT2D eigenvalue weighted by Crippen LogP contribution is 2.18. The Labute approximate surface area is 92.8 Å². The van der Waals surface area contributed by atoms with Crippen molar-refractivity contribution in [1.29, 1.82) is 0 Å². The molecule has 1 unspecified atom stereocenters. The van der Waals surface area contributed by atoms with Crippen molar-refractivity contribution in [1.82, 2.24) is 4.90 Å². The molecule has 1 heterocycles. The lowest BCUT2D eigenvalue weighted by molar-refractivity contribution is -0.155. The molecule has 0 aliphatic carbocycles. The number of nitrogens with zero attached hydrogens (tertiary/aromatic N) is 1. The van der Waals surface area contributed by atoms with E-state index in [2.05, 4.69) is 11.8 Å². The Hall–Kier alpha value is -0.570. The van der Waals surface area contributed by atoms with Gasteiger partial charge >= 0.3 is 5.97 Å². The van der Waals surface area contributed by atoms with E-state index in [1.807, 2.05) is 13.8 Å². The van der Waals surface area contributed by atoms with Gasteiger partial charge in [0.2, 0.25) is 0 Å². The van der Waals surface area contributed by atoms with E-state index in [0.717, 1.165) is 32.4 Å². The average Bonchev–Trinajstić information content (AvgIpc) is 2.18. The first-order valence-electron chi connectivity index (χ1n) is 6.09. The lowest BCUT2D eigenvalue weighted by Crippen LogP contribution is -2.46. The zero-order chi connectivity index (χ0) is 11.3. The number of piperidine rings is 1. The predicted molar refractivity (Wildman–Crippen MR) is 60.7 cm³/mol. The van der Waals surface area contributed by atoms with Gasteiger partial charge in [0, 0.05) is 0 Å². The third kappa shape index (κ3) is 3.82. The summed E-state index contributed by atoms with van der Waals surface area (Å²) < 4.78 is 5.29. The minimum atomic E-state index is -0.0295. The fourth-order valence-corrected chi connectivity index (χ4v) is 2.12. The predicted octanol–water partition coefficient (Wildman–Crippen LogP) is 2.20. The van der Waals surface area contributed by atoms with Crippen LogP contribution in [0.3, 0.4) is 0 Å². The zero-order valence-corrected chi connectivity index (χ0v) is 10.2. The summed E-state index contributed by atoms with van der Waals surface area (Å²) in [6, 6.07) is 0.0149. The van der Waals surface area contributed by atoms with E-state index < -0.39 is 0 Å². The maximum atomic E-state index is 11.8. The van der Waals surface area contributed by atoms with Crippen LogP contribution in [0.25, 0.3) is 0 Å². The summed E-state index contributed by atoms with van der Waals surface area (Å²) in [5, 5.41) is 0. The first-order chi connectivity index (χ1) is 7.15. The second-order valence-corrected chi connectivity index (χ2v) is 4.53. The minimum absolute atomic E-state index is 0.00269. The van der Waals surface area contributed by atoms with Crippen LogP contribution in [0.15, 0.2) is 0 Å². The Balaban J connectivity index is 2.51. The summed E-state index contributed by atoms with van der Waals surface area (Å²) in [6.45, 7) is 8.03. The molecule has 0 aromatic rings. The van der Waals surface area contributed by atoms with E-state index in [1.54, 1.807) is 0 Å². The maximum absolute atomic E-state index is 11.8. The normalized spacial score (nSPS) is 23.1. The summed E-state index contributed by atoms with van der Waals surface area (Å²) in [5.41, 5.74) is 0. The van der Waals surface area contributed by atoms with Crippen molar-refractivity contribution >= 4 is 5.97 Å². The van der Waals surface area contributed by atoms with Crippen molar-refractivity contribution in [2.45, 2.75) is 58.6 Å². The van der Waals surface area contributed by atoms with E-state index in [0.29, 0.717) is 0 Å². The number of carbonyl (C=O) groups is 1. The highest BCUT2D eigenvalue weighted by atomic mass is 16.5. The highest BCUT2D eigenvalue weighted by Gasteiger charge is 2.29. The van der Waals surface area contributed by atoms with Crippen molar-refractivity contribution in [3.63, 3.8) is 0 Å². The van der Waals surface area contributed by atoms with Crippen molar-refractivity contribution in [3.8, 4) is 0 Å². The van der Waals surface area contributed by atoms with Crippen LogP contribution in [-0.4, -0.2) is 36.1 Å². The Bertz CT molecular complexity index is 202. The van der Waals surface area contributed by atoms with Crippen LogP contribution in [0, 0.1) is 0 Å². The van der Waals surface area contributed by atoms with E-state index in [4.69, 9.17) is 4.74 Å². The summed E-state index contributed by atoms with van der Waals surface area (Å²) in [4.78, 5) is 14.1. The third-order valence-corrected chi connectivity index (χ3v) is 2.75. The molecular formula is C12H23NO2. The molecule has 3 nitrogen and oxygen atoms in total. The summed E-state index contributed by atoms with van der Waals surface area (Å²) in [6.07, 6.45) is 4.43. The molecule has 1 rings (SSSR count). The van der Waals surface area contributed by atoms with Gasteiger partial charge in [-0.05, 0) is 46.2 Å². The molecule has 0 aromatic carbocycles. The number of esters is 1. The third-order valence-electron chi connectivity index (χ3n) is 2.75. The summed E-state index contributed by atoms with van der Waals surface area (Å²) in [7, 11) is 0. The SMILES string of the molecule is CCCN1CCCCC1C(=O)OC(C)C. The van der Waals surface area contributed by atoms with Crippen molar-refractivity contribution in [2.75, 3.05) is 13.1 Å². The lowest BCUT2D eigenvalue weighted by Gasteiger charge is -2.34. The Kier molecular flexibility index (Phi) is 5.09. The largest absolute Gasteiger partial charge is 0.462 e. The second kappa shape index (κ2) is 6.11. The van der Waals surface area contributed by atoms with Gasteiger partial charge in [0.25, 0.3) is 0 Å². The van der Waals surface area contributed by atoms with E-state index in [1.165, 1.54) is 6.42 Å². The molecule has 1 fully saturated rings. The van der Waals surface area contributed by atoms with Crippen molar-refractivity contribution in [3.05, 3.63) is 0 Å². The van der Waals surface area contributed by atoms with Crippen molar-refractivity contribution in [2.24, 2.45) is 0 Å². The summed E-state index contributed by atoms with van der Waals surface area (Å²) in [5.74, 6) is -0.0295. The zero-order valence-electron chi connectivity index (χ0n) is 10.2. The number of likely N-dealkylation sites (tertiary alicyclic amines) is 1. The number of hydrogen-bond donors (Lipinski definition) is 0. The van der Waals surface area contributed by atoms with Gasteiger partial charge in [-0.15, -0.1) is 0 Å². The van der Waals surface area contributed by atoms with E-state index in [-0.39, 0.29) is 18.1 Å². The van der Waals surface area contributed by atoms with Gasteiger partial charge in [-0.25, -0.2) is 0 Å². The lowest BCUT2D eigenvalue weighted by atomic mass is 10.0. The molecule has 0 radical (unpaired) electrons. The highest BCUT2D eigenvalue weighted by molar-refractivity contribution is 5.76. The van der Waals surface area contributed by atoms with Gasteiger partial charge in [-0.3, -0.25) is 9.69 Å². The average molecular weight is 213 g/mol. The fraction of sp³-hybridized carbons (Fsp3) is 0.917. The van der Waals surface area contributed by atoms with Crippen LogP contribution in [-0.2, 0) is 9.53 Å². The Morgan fingerprint density at radius 2 is 2.20 bits per heavy atom. The van der Waals surface area contributed by atoms with Gasteiger partial charge < -0.3 is 4.74 Å². The summed E-state index contributed by atoms with van der Waals surface area (Å²) >= 11 is 0. The quantitative estimate of drug-likeness (QED) is 0.670. The van der Waals surface area contributed by atoms with Crippen LogP contribution < -0.4 is 0 Å². The smallest absolute Gasteiger partial charge is 0.323 e. The van der Waals surface area contributed by atoms with Gasteiger partial charge in [0.1, 0.15) is 6.04 Å². The maximum Gasteiger partial charge on any atom is 0.323 e. The molecule has 0 saturated carbocycles. The molecule has 1 saturated heterocycles. The fourth-order valence-electron chi connectivity index (χ4n) is 2.12. The van der Waals surface area contributed by atoms with Gasteiger partial charge in [-0.2, -0.15) is 0 Å². The molecule has 15 heavy (non-hydrogen) atoms. The van der Waals surface area contributed by atoms with Crippen molar-refractivity contribution < 1.29 is 9.53 Å². The number of hydrogen-bond acceptors (Lipinski definition) is 3. The first-order valence-corrected chi connectivity index (χ1v) is 6.09. The van der Waals surface area contributed by atoms with E-state index in [9.17, 15) is 4.79 Å². The molecule has 0 aromatic heterocycles. The van der Waals surface area contributed by atoms with Gasteiger partial charge in [0.15, 0.2) is 0 Å². The van der Waals surface area contributed by atoms with E-state index >= 15 is 0 Å². The molecule has 88 valence electrons. The number of carbonyl (C=O) groups excluding carboxylic acids is 1. The molecule has 0 spiro atoms. The number of rotatable bonds is 4. The molecule has 1 atom stereocenters. The molecule has 0 N–H and O–H groups in total. The van der Waals surface area contributed by atoms with Crippen LogP contribution in [0.4, 0.5) is 0 Å². The molecule has 0 amide bonds. The molecular weight excluding hydrogens is 190 g/mol.